The number of nitrogens with zero attached hydrogens (tertiary/aromatic N) is 1. The maximum Gasteiger partial charge on any atom is 0.213 e. The number of fused-ring (bicyclic) bond motifs is 1. The molecule has 1 aromatic heterocycles. The predicted octanol–water partition coefficient (Wildman–Crippen LogP) is 2.54. The Morgan fingerprint density at radius 3 is 3.00 bits per heavy atom. The first-order valence-corrected chi connectivity index (χ1v) is 7.44. The first kappa shape index (κ1) is 14.7. The quantitative estimate of drug-likeness (QED) is 0.919. The summed E-state index contributed by atoms with van der Waals surface area (Å²) in [7, 11) is 1.62. The molecule has 116 valence electrons. The zero-order valence-corrected chi connectivity index (χ0v) is 12.7. The number of hydrogen-bond donors (Lipinski definition) is 1. The van der Waals surface area contributed by atoms with Gasteiger partial charge in [0.15, 0.2) is 11.5 Å². The number of hydrogen-bond acceptors (Lipinski definition) is 5. The molecule has 0 amide bonds. The zero-order chi connectivity index (χ0) is 15.2. The second-order valence-corrected chi connectivity index (χ2v) is 5.10. The molecule has 22 heavy (non-hydrogen) atoms. The summed E-state index contributed by atoms with van der Waals surface area (Å²) in [5, 5.41) is 3.42. The van der Waals surface area contributed by atoms with Crippen LogP contribution in [0.25, 0.3) is 0 Å². The second-order valence-electron chi connectivity index (χ2n) is 5.10. The Bertz CT molecular complexity index is 631. The smallest absolute Gasteiger partial charge is 0.213 e. The first-order chi connectivity index (χ1) is 10.9. The number of ether oxygens (including phenoxy) is 3. The van der Waals surface area contributed by atoms with E-state index in [0.29, 0.717) is 19.1 Å². The summed E-state index contributed by atoms with van der Waals surface area (Å²) < 4.78 is 16.7. The van der Waals surface area contributed by atoms with Crippen molar-refractivity contribution >= 4 is 0 Å². The summed E-state index contributed by atoms with van der Waals surface area (Å²) >= 11 is 0. The lowest BCUT2D eigenvalue weighted by atomic mass is 10.1. The fraction of sp³-hybridized carbons (Fsp3) is 0.353. The van der Waals surface area contributed by atoms with Crippen LogP contribution in [0.2, 0.25) is 0 Å². The third kappa shape index (κ3) is 3.49. The van der Waals surface area contributed by atoms with Crippen LogP contribution in [0.1, 0.15) is 17.5 Å². The Morgan fingerprint density at radius 2 is 2.09 bits per heavy atom. The van der Waals surface area contributed by atoms with Crippen LogP contribution < -0.4 is 19.5 Å². The molecule has 0 bridgehead atoms. The van der Waals surface area contributed by atoms with E-state index in [2.05, 4.69) is 16.4 Å². The lowest BCUT2D eigenvalue weighted by Gasteiger charge is -2.13. The Kier molecular flexibility index (Phi) is 4.75. The highest BCUT2D eigenvalue weighted by atomic mass is 16.5. The van der Waals surface area contributed by atoms with E-state index in [1.807, 2.05) is 24.3 Å². The van der Waals surface area contributed by atoms with Gasteiger partial charge in [-0.3, -0.25) is 0 Å². The SMILES string of the molecule is COc1cc(CNCc2cccc3c2OCCCO3)ccn1. The summed E-state index contributed by atoms with van der Waals surface area (Å²) in [6.07, 6.45) is 2.67. The standard InChI is InChI=1S/C17H20N2O3/c1-20-16-10-13(6-7-19-16)11-18-12-14-4-2-5-15-17(14)22-9-3-8-21-15/h2,4-7,10,18H,3,8-9,11-12H2,1H3. The van der Waals surface area contributed by atoms with Crippen LogP contribution >= 0.6 is 0 Å². The van der Waals surface area contributed by atoms with Crippen LogP contribution in [0.4, 0.5) is 0 Å². The van der Waals surface area contributed by atoms with Crippen molar-refractivity contribution in [1.29, 1.82) is 0 Å². The normalized spacial score (nSPS) is 13.5. The van der Waals surface area contributed by atoms with Crippen molar-refractivity contribution in [1.82, 2.24) is 10.3 Å². The van der Waals surface area contributed by atoms with Crippen molar-refractivity contribution in [2.75, 3.05) is 20.3 Å². The summed E-state index contributed by atoms with van der Waals surface area (Å²) in [4.78, 5) is 4.11. The molecular weight excluding hydrogens is 280 g/mol. The van der Waals surface area contributed by atoms with Crippen molar-refractivity contribution < 1.29 is 14.2 Å². The minimum absolute atomic E-state index is 0.629. The van der Waals surface area contributed by atoms with Gasteiger partial charge in [0.2, 0.25) is 5.88 Å². The van der Waals surface area contributed by atoms with E-state index in [-0.39, 0.29) is 0 Å². The Morgan fingerprint density at radius 1 is 1.18 bits per heavy atom. The Balaban J connectivity index is 1.64. The van der Waals surface area contributed by atoms with E-state index in [9.17, 15) is 0 Å². The average molecular weight is 300 g/mol. The zero-order valence-electron chi connectivity index (χ0n) is 12.7. The van der Waals surface area contributed by atoms with Gasteiger partial charge in [-0.15, -0.1) is 0 Å². The molecule has 1 aliphatic rings. The molecule has 3 rings (SSSR count). The van der Waals surface area contributed by atoms with Gasteiger partial charge in [0.05, 0.1) is 20.3 Å². The van der Waals surface area contributed by atoms with Crippen LogP contribution in [0.5, 0.6) is 17.4 Å². The van der Waals surface area contributed by atoms with Crippen molar-refractivity contribution in [2.45, 2.75) is 19.5 Å². The van der Waals surface area contributed by atoms with E-state index in [1.165, 1.54) is 0 Å². The molecule has 0 atom stereocenters. The molecule has 1 aliphatic heterocycles. The molecule has 0 fully saturated rings. The largest absolute Gasteiger partial charge is 0.490 e. The first-order valence-electron chi connectivity index (χ1n) is 7.44. The maximum absolute atomic E-state index is 5.82. The molecule has 0 radical (unpaired) electrons. The molecule has 1 aromatic carbocycles. The van der Waals surface area contributed by atoms with Gasteiger partial charge in [-0.05, 0) is 17.7 Å². The molecule has 2 aromatic rings. The fourth-order valence-corrected chi connectivity index (χ4v) is 2.41. The summed E-state index contributed by atoms with van der Waals surface area (Å²) in [5.41, 5.74) is 2.24. The third-order valence-electron chi connectivity index (χ3n) is 3.51. The highest BCUT2D eigenvalue weighted by Crippen LogP contribution is 2.33. The van der Waals surface area contributed by atoms with Gasteiger partial charge >= 0.3 is 0 Å². The van der Waals surface area contributed by atoms with Gasteiger partial charge in [0.1, 0.15) is 0 Å². The fourth-order valence-electron chi connectivity index (χ4n) is 2.41. The minimum Gasteiger partial charge on any atom is -0.490 e. The molecule has 0 saturated carbocycles. The third-order valence-corrected chi connectivity index (χ3v) is 3.51. The van der Waals surface area contributed by atoms with Crippen molar-refractivity contribution in [3.8, 4) is 17.4 Å². The molecule has 0 saturated heterocycles. The van der Waals surface area contributed by atoms with Gasteiger partial charge in [-0.1, -0.05) is 12.1 Å². The Hall–Kier alpha value is -2.27. The van der Waals surface area contributed by atoms with Gasteiger partial charge in [0, 0.05) is 37.3 Å². The minimum atomic E-state index is 0.629. The monoisotopic (exact) mass is 300 g/mol. The van der Waals surface area contributed by atoms with Crippen molar-refractivity contribution in [3.05, 3.63) is 47.7 Å². The van der Waals surface area contributed by atoms with E-state index in [4.69, 9.17) is 14.2 Å². The highest BCUT2D eigenvalue weighted by molar-refractivity contribution is 5.47. The van der Waals surface area contributed by atoms with Gasteiger partial charge in [-0.25, -0.2) is 4.98 Å². The maximum atomic E-state index is 5.82. The molecule has 0 aliphatic carbocycles. The number of methoxy groups -OCH3 is 1. The molecule has 1 N–H and O–H groups in total. The van der Waals surface area contributed by atoms with Crippen molar-refractivity contribution in [3.63, 3.8) is 0 Å². The number of rotatable bonds is 5. The van der Waals surface area contributed by atoms with E-state index in [0.717, 1.165) is 42.1 Å². The van der Waals surface area contributed by atoms with Gasteiger partial charge in [0.25, 0.3) is 0 Å². The van der Waals surface area contributed by atoms with E-state index < -0.39 is 0 Å². The molecular formula is C17H20N2O3. The van der Waals surface area contributed by atoms with Crippen LogP contribution in [0.3, 0.4) is 0 Å². The number of benzene rings is 1. The van der Waals surface area contributed by atoms with Crippen LogP contribution in [-0.4, -0.2) is 25.3 Å². The molecule has 5 heteroatoms. The topological polar surface area (TPSA) is 52.6 Å². The molecule has 5 nitrogen and oxygen atoms in total. The van der Waals surface area contributed by atoms with E-state index >= 15 is 0 Å². The number of nitrogens with one attached hydrogen (secondary N) is 1. The average Bonchev–Trinajstić information content (AvgIpc) is 2.81. The second kappa shape index (κ2) is 7.13. The predicted molar refractivity (Wildman–Crippen MR) is 83.4 cm³/mol. The lowest BCUT2D eigenvalue weighted by Crippen LogP contribution is -2.14. The van der Waals surface area contributed by atoms with Gasteiger partial charge in [-0.2, -0.15) is 0 Å². The lowest BCUT2D eigenvalue weighted by molar-refractivity contribution is 0.296. The number of aromatic nitrogens is 1. The summed E-state index contributed by atoms with van der Waals surface area (Å²) in [6, 6.07) is 9.92. The molecule has 2 heterocycles. The number of para-hydroxylation sites is 1. The number of pyridine rings is 1. The van der Waals surface area contributed by atoms with Crippen molar-refractivity contribution in [2.24, 2.45) is 0 Å². The summed E-state index contributed by atoms with van der Waals surface area (Å²) in [5.74, 6) is 2.33. The molecule has 0 spiro atoms. The summed E-state index contributed by atoms with van der Waals surface area (Å²) in [6.45, 7) is 2.87. The van der Waals surface area contributed by atoms with Gasteiger partial charge < -0.3 is 19.5 Å². The highest BCUT2D eigenvalue weighted by Gasteiger charge is 2.13. The van der Waals surface area contributed by atoms with Crippen LogP contribution in [0.15, 0.2) is 36.5 Å². The molecule has 0 unspecified atom stereocenters. The van der Waals surface area contributed by atoms with Crippen LogP contribution in [0, 0.1) is 0 Å². The van der Waals surface area contributed by atoms with Crippen LogP contribution in [-0.2, 0) is 13.1 Å². The Labute approximate surface area is 130 Å². The van der Waals surface area contributed by atoms with E-state index in [1.54, 1.807) is 13.3 Å².